The van der Waals surface area contributed by atoms with E-state index in [4.69, 9.17) is 9.47 Å². The van der Waals surface area contributed by atoms with E-state index in [1.54, 1.807) is 6.07 Å². The van der Waals surface area contributed by atoms with Gasteiger partial charge in [-0.25, -0.2) is 9.18 Å². The second-order valence-corrected chi connectivity index (χ2v) is 10.4. The molecule has 0 fully saturated rings. The molecule has 1 aliphatic rings. The number of ether oxygens (including phenoxy) is 2. The number of unbranched alkanes of at least 4 members (excludes halogenated alkanes) is 2. The zero-order chi connectivity index (χ0) is 27.9. The third-order valence-corrected chi connectivity index (χ3v) is 6.73. The van der Waals surface area contributed by atoms with Crippen LogP contribution >= 0.6 is 0 Å². The van der Waals surface area contributed by atoms with Crippen molar-refractivity contribution in [3.05, 3.63) is 81.7 Å². The molecule has 1 atom stereocenters. The van der Waals surface area contributed by atoms with Crippen molar-refractivity contribution in [3.8, 4) is 11.5 Å². The Balaban J connectivity index is 2.11. The fourth-order valence-electron chi connectivity index (χ4n) is 4.71. The van der Waals surface area contributed by atoms with E-state index >= 15 is 0 Å². The Morgan fingerprint density at radius 2 is 1.76 bits per heavy atom. The van der Waals surface area contributed by atoms with Crippen LogP contribution in [0.15, 0.2) is 53.6 Å². The first kappa shape index (κ1) is 29.2. The van der Waals surface area contributed by atoms with Crippen LogP contribution in [0.25, 0.3) is 0 Å². The molecule has 2 aromatic carbocycles. The van der Waals surface area contributed by atoms with Crippen LogP contribution in [-0.2, 0) is 28.2 Å². The summed E-state index contributed by atoms with van der Waals surface area (Å²) in [5, 5.41) is 11.1. The number of rotatable bonds is 12. The van der Waals surface area contributed by atoms with E-state index in [0.29, 0.717) is 29.5 Å². The van der Waals surface area contributed by atoms with Gasteiger partial charge < -0.3 is 14.6 Å². The summed E-state index contributed by atoms with van der Waals surface area (Å²) >= 11 is 0. The molecule has 0 saturated heterocycles. The molecule has 2 aromatic rings. The zero-order valence-corrected chi connectivity index (χ0v) is 23.2. The van der Waals surface area contributed by atoms with Gasteiger partial charge in [-0.1, -0.05) is 43.1 Å². The van der Waals surface area contributed by atoms with Crippen LogP contribution in [-0.4, -0.2) is 16.9 Å². The molecule has 1 unspecified atom stereocenters. The Bertz CT molecular complexity index is 1220. The number of carbonyl (C=O) groups is 2. The number of Topliss-reactive ketones (excluding diaryl/α,β-unsaturated/α-hetero) is 1. The number of cyclic esters (lactones) is 1. The largest absolute Gasteiger partial charge is 0.508 e. The minimum absolute atomic E-state index is 0.0362. The summed E-state index contributed by atoms with van der Waals surface area (Å²) in [6, 6.07) is 7.02. The number of aryl methyl sites for hydroxylation is 1. The van der Waals surface area contributed by atoms with Gasteiger partial charge >= 0.3 is 5.97 Å². The topological polar surface area (TPSA) is 72.8 Å². The number of hydrogen-bond acceptors (Lipinski definition) is 5. The van der Waals surface area contributed by atoms with Gasteiger partial charge in [0.25, 0.3) is 5.79 Å². The molecule has 0 aromatic heterocycles. The highest BCUT2D eigenvalue weighted by Crippen LogP contribution is 2.46. The number of carbonyl (C=O) groups excluding carboxylic acids is 2. The van der Waals surface area contributed by atoms with E-state index in [2.05, 4.69) is 26.8 Å². The number of allylic oxidation sites excluding steroid dienone is 4. The lowest BCUT2D eigenvalue weighted by Crippen LogP contribution is -2.44. The monoisotopic (exact) mass is 522 g/mol. The SMILES string of the molecule is CCCCCc1cc(O)c(C/C=C(\C)CCC=C(C)C)c2c1C(=O)OC(CC(C)=O)(c1ccc(F)cc1)O2. The number of benzene rings is 2. The number of aromatic hydroxyl groups is 1. The van der Waals surface area contributed by atoms with Gasteiger partial charge in [0.05, 0.1) is 6.42 Å². The van der Waals surface area contributed by atoms with Crippen molar-refractivity contribution in [2.24, 2.45) is 0 Å². The summed E-state index contributed by atoms with van der Waals surface area (Å²) in [7, 11) is 0. The third kappa shape index (κ3) is 7.12. The first-order valence-electron chi connectivity index (χ1n) is 13.4. The van der Waals surface area contributed by atoms with Gasteiger partial charge in [-0.2, -0.15) is 0 Å². The fourth-order valence-corrected chi connectivity index (χ4v) is 4.71. The van der Waals surface area contributed by atoms with Crippen molar-refractivity contribution in [1.29, 1.82) is 0 Å². The summed E-state index contributed by atoms with van der Waals surface area (Å²) in [4.78, 5) is 25.9. The highest BCUT2D eigenvalue weighted by atomic mass is 19.1. The van der Waals surface area contributed by atoms with E-state index in [1.165, 1.54) is 36.8 Å². The van der Waals surface area contributed by atoms with Crippen LogP contribution < -0.4 is 4.74 Å². The Morgan fingerprint density at radius 3 is 2.39 bits per heavy atom. The summed E-state index contributed by atoms with van der Waals surface area (Å²) in [6.45, 7) is 9.65. The minimum atomic E-state index is -1.75. The lowest BCUT2D eigenvalue weighted by atomic mass is 9.92. The van der Waals surface area contributed by atoms with E-state index in [1.807, 2.05) is 13.0 Å². The number of fused-ring (bicyclic) bond motifs is 1. The molecule has 1 N–H and O–H groups in total. The molecule has 1 heterocycles. The van der Waals surface area contributed by atoms with Crippen molar-refractivity contribution in [2.75, 3.05) is 0 Å². The molecule has 0 amide bonds. The molecule has 1 aliphatic heterocycles. The van der Waals surface area contributed by atoms with E-state index in [0.717, 1.165) is 37.7 Å². The molecule has 0 aliphatic carbocycles. The van der Waals surface area contributed by atoms with E-state index in [9.17, 15) is 19.1 Å². The van der Waals surface area contributed by atoms with Crippen LogP contribution in [0.2, 0.25) is 0 Å². The molecule has 0 spiro atoms. The van der Waals surface area contributed by atoms with Gasteiger partial charge in [-0.05, 0) is 95.7 Å². The maximum Gasteiger partial charge on any atom is 0.345 e. The smallest absolute Gasteiger partial charge is 0.345 e. The average Bonchev–Trinajstić information content (AvgIpc) is 2.83. The molecule has 0 bridgehead atoms. The Labute approximate surface area is 225 Å². The number of phenolic OH excluding ortho intramolecular Hbond substituents is 1. The molecule has 0 saturated carbocycles. The highest BCUT2D eigenvalue weighted by molar-refractivity contribution is 5.97. The zero-order valence-electron chi connectivity index (χ0n) is 23.2. The van der Waals surface area contributed by atoms with Crippen molar-refractivity contribution >= 4 is 11.8 Å². The maximum absolute atomic E-state index is 13.7. The summed E-state index contributed by atoms with van der Waals surface area (Å²) < 4.78 is 26.0. The van der Waals surface area contributed by atoms with Crippen LogP contribution in [0.5, 0.6) is 11.5 Å². The predicted octanol–water partition coefficient (Wildman–Crippen LogP) is 7.88. The van der Waals surface area contributed by atoms with Gasteiger partial charge in [0, 0.05) is 11.1 Å². The molecule has 6 heteroatoms. The predicted molar refractivity (Wildman–Crippen MR) is 147 cm³/mol. The Morgan fingerprint density at radius 1 is 1.05 bits per heavy atom. The molecular formula is C32H39FO5. The van der Waals surface area contributed by atoms with Gasteiger partial charge in [0.15, 0.2) is 0 Å². The summed E-state index contributed by atoms with van der Waals surface area (Å²) in [6.07, 6.45) is 9.50. The molecule has 0 radical (unpaired) electrons. The first-order chi connectivity index (χ1) is 18.1. The Hall–Kier alpha value is -3.41. The van der Waals surface area contributed by atoms with Crippen LogP contribution in [0.3, 0.4) is 0 Å². The van der Waals surface area contributed by atoms with Gasteiger partial charge in [0.1, 0.15) is 28.7 Å². The quantitative estimate of drug-likeness (QED) is 0.174. The van der Waals surface area contributed by atoms with E-state index in [-0.39, 0.29) is 29.3 Å². The van der Waals surface area contributed by atoms with Gasteiger partial charge in [0.2, 0.25) is 0 Å². The molecular weight excluding hydrogens is 483 g/mol. The summed E-state index contributed by atoms with van der Waals surface area (Å²) in [5.74, 6) is -2.82. The van der Waals surface area contributed by atoms with Crippen molar-refractivity contribution in [3.63, 3.8) is 0 Å². The summed E-state index contributed by atoms with van der Waals surface area (Å²) in [5.41, 5.74) is 4.16. The number of phenols is 1. The Kier molecular flexibility index (Phi) is 9.90. The first-order valence-corrected chi connectivity index (χ1v) is 13.4. The van der Waals surface area contributed by atoms with Gasteiger partial charge in [-0.3, -0.25) is 4.79 Å². The second kappa shape index (κ2) is 12.9. The molecule has 38 heavy (non-hydrogen) atoms. The molecule has 3 rings (SSSR count). The van der Waals surface area contributed by atoms with Crippen molar-refractivity contribution in [1.82, 2.24) is 0 Å². The number of hydrogen-bond donors (Lipinski definition) is 1. The fraction of sp³-hybridized carbons (Fsp3) is 0.438. The van der Waals surface area contributed by atoms with Gasteiger partial charge in [-0.15, -0.1) is 0 Å². The minimum Gasteiger partial charge on any atom is -0.508 e. The number of ketones is 1. The lowest BCUT2D eigenvalue weighted by Gasteiger charge is -2.39. The lowest BCUT2D eigenvalue weighted by molar-refractivity contribution is -0.172. The standard InChI is InChI=1S/C32H39FO5/c1-6-7-8-12-24-19-28(35)27(18-13-22(4)11-9-10-21(2)3)30-29(24)31(36)38-32(37-30,20-23(5)34)25-14-16-26(33)17-15-25/h10,13-17,19,35H,6-9,11-12,18,20H2,1-5H3/b22-13+. The van der Waals surface area contributed by atoms with Crippen molar-refractivity contribution < 1.29 is 28.6 Å². The number of halogens is 1. The maximum atomic E-state index is 13.7. The molecule has 204 valence electrons. The van der Waals surface area contributed by atoms with Crippen LogP contribution in [0.4, 0.5) is 4.39 Å². The highest BCUT2D eigenvalue weighted by Gasteiger charge is 2.47. The number of esters is 1. The average molecular weight is 523 g/mol. The third-order valence-electron chi connectivity index (χ3n) is 6.73. The van der Waals surface area contributed by atoms with Crippen LogP contribution in [0.1, 0.15) is 100 Å². The van der Waals surface area contributed by atoms with Crippen LogP contribution in [0, 0.1) is 5.82 Å². The second-order valence-electron chi connectivity index (χ2n) is 10.4. The normalized spacial score (nSPS) is 16.9. The molecule has 5 nitrogen and oxygen atoms in total. The van der Waals surface area contributed by atoms with E-state index < -0.39 is 17.6 Å². The van der Waals surface area contributed by atoms with Crippen molar-refractivity contribution in [2.45, 2.75) is 91.8 Å².